The Balaban J connectivity index is 1.27. The maximum absolute atomic E-state index is 5.05. The van der Waals surface area contributed by atoms with Gasteiger partial charge in [-0.1, -0.05) is 109 Å². The molecule has 0 atom stereocenters. The number of benzene rings is 4. The second kappa shape index (κ2) is 11.4. The van der Waals surface area contributed by atoms with Crippen molar-refractivity contribution in [2.24, 2.45) is 0 Å². The van der Waals surface area contributed by atoms with Gasteiger partial charge in [-0.25, -0.2) is 19.9 Å². The summed E-state index contributed by atoms with van der Waals surface area (Å²) in [5.74, 6) is 1.29. The predicted octanol–water partition coefficient (Wildman–Crippen LogP) is 8.66. The van der Waals surface area contributed by atoms with Gasteiger partial charge in [0.05, 0.1) is 11.4 Å². The largest absolute Gasteiger partial charge is 0.252 e. The summed E-state index contributed by atoms with van der Waals surface area (Å²) in [6.45, 7) is 0. The van der Waals surface area contributed by atoms with E-state index in [0.29, 0.717) is 11.6 Å². The highest BCUT2D eigenvalue weighted by Gasteiger charge is 2.12. The molecule has 0 unspecified atom stereocenters. The summed E-state index contributed by atoms with van der Waals surface area (Å²) in [6.07, 6.45) is 5.30. The molecule has 0 amide bonds. The first-order valence-electron chi connectivity index (χ1n) is 13.7. The average Bonchev–Trinajstić information content (AvgIpc) is 3.09. The van der Waals surface area contributed by atoms with Gasteiger partial charge in [-0.15, -0.1) is 0 Å². The van der Waals surface area contributed by atoms with Crippen LogP contribution in [0.15, 0.2) is 152 Å². The normalized spacial score (nSPS) is 10.9. The number of hydrogen-bond donors (Lipinski definition) is 0. The molecule has 42 heavy (non-hydrogen) atoms. The minimum atomic E-state index is 0.608. The summed E-state index contributed by atoms with van der Waals surface area (Å²) < 4.78 is 0. The Hall–Kier alpha value is -5.81. The highest BCUT2D eigenvalue weighted by molar-refractivity contribution is 5.76. The van der Waals surface area contributed by atoms with E-state index >= 15 is 0 Å². The minimum absolute atomic E-state index is 0.608. The van der Waals surface area contributed by atoms with E-state index in [-0.39, 0.29) is 0 Å². The fraction of sp³-hybridized carbons (Fsp3) is 0. The molecule has 7 rings (SSSR count). The van der Waals surface area contributed by atoms with Crippen LogP contribution in [0.2, 0.25) is 0 Å². The summed E-state index contributed by atoms with van der Waals surface area (Å²) in [5, 5.41) is 0. The Morgan fingerprint density at radius 3 is 1.57 bits per heavy atom. The summed E-state index contributed by atoms with van der Waals surface area (Å²) in [4.78, 5) is 23.3. The lowest BCUT2D eigenvalue weighted by Gasteiger charge is -2.11. The van der Waals surface area contributed by atoms with Crippen LogP contribution < -0.4 is 0 Å². The molecule has 0 saturated carbocycles. The molecular formula is C37H25N5. The van der Waals surface area contributed by atoms with Crippen molar-refractivity contribution in [3.05, 3.63) is 152 Å². The lowest BCUT2D eigenvalue weighted by atomic mass is 10.0. The Labute approximate surface area is 244 Å². The average molecular weight is 540 g/mol. The zero-order valence-electron chi connectivity index (χ0n) is 22.7. The van der Waals surface area contributed by atoms with E-state index in [2.05, 4.69) is 106 Å². The number of aromatic nitrogens is 5. The van der Waals surface area contributed by atoms with Crippen molar-refractivity contribution in [2.75, 3.05) is 0 Å². The van der Waals surface area contributed by atoms with Gasteiger partial charge in [-0.05, 0) is 41.0 Å². The monoisotopic (exact) mass is 539 g/mol. The fourth-order valence-electron chi connectivity index (χ4n) is 4.91. The number of hydrogen-bond acceptors (Lipinski definition) is 5. The molecule has 0 aliphatic rings. The number of pyridine rings is 1. The molecular weight excluding hydrogens is 514 g/mol. The molecule has 7 aromatic rings. The van der Waals surface area contributed by atoms with E-state index in [9.17, 15) is 0 Å². The van der Waals surface area contributed by atoms with E-state index in [1.54, 1.807) is 18.5 Å². The van der Waals surface area contributed by atoms with Crippen LogP contribution in [0.5, 0.6) is 0 Å². The zero-order chi connectivity index (χ0) is 28.1. The minimum Gasteiger partial charge on any atom is -0.252 e. The van der Waals surface area contributed by atoms with Gasteiger partial charge >= 0.3 is 0 Å². The molecule has 0 fully saturated rings. The highest BCUT2D eigenvalue weighted by Crippen LogP contribution is 2.31. The SMILES string of the molecule is c1ccc(-c2ccc(-c3nc(-c4ccccc4)cc(-c4cccc(-c5ccc(-c6ncccn6)nc5)c4)n3)cc2)cc1. The van der Waals surface area contributed by atoms with Gasteiger partial charge in [-0.3, -0.25) is 4.98 Å². The lowest BCUT2D eigenvalue weighted by molar-refractivity contribution is 1.14. The third-order valence-corrected chi connectivity index (χ3v) is 7.10. The Morgan fingerprint density at radius 1 is 0.310 bits per heavy atom. The first-order valence-corrected chi connectivity index (χ1v) is 13.7. The molecule has 3 aromatic heterocycles. The topological polar surface area (TPSA) is 64.5 Å². The van der Waals surface area contributed by atoms with E-state index in [1.165, 1.54) is 5.56 Å². The molecule has 198 valence electrons. The summed E-state index contributed by atoms with van der Waals surface area (Å²) >= 11 is 0. The third-order valence-electron chi connectivity index (χ3n) is 7.10. The molecule has 0 bridgehead atoms. The molecule has 0 N–H and O–H groups in total. The Kier molecular flexibility index (Phi) is 6.81. The summed E-state index contributed by atoms with van der Waals surface area (Å²) in [7, 11) is 0. The molecule has 0 aliphatic heterocycles. The smallest absolute Gasteiger partial charge is 0.178 e. The molecule has 5 heteroatoms. The van der Waals surface area contributed by atoms with Crippen molar-refractivity contribution in [3.63, 3.8) is 0 Å². The van der Waals surface area contributed by atoms with Crippen LogP contribution >= 0.6 is 0 Å². The molecule has 4 aromatic carbocycles. The van der Waals surface area contributed by atoms with Crippen molar-refractivity contribution in [1.82, 2.24) is 24.9 Å². The number of rotatable bonds is 6. The van der Waals surface area contributed by atoms with Gasteiger partial charge < -0.3 is 0 Å². The quantitative estimate of drug-likeness (QED) is 0.212. The van der Waals surface area contributed by atoms with Crippen LogP contribution in [-0.2, 0) is 0 Å². The zero-order valence-corrected chi connectivity index (χ0v) is 22.7. The van der Waals surface area contributed by atoms with Gasteiger partial charge in [0.2, 0.25) is 0 Å². The fourth-order valence-corrected chi connectivity index (χ4v) is 4.91. The van der Waals surface area contributed by atoms with E-state index < -0.39 is 0 Å². The van der Waals surface area contributed by atoms with E-state index in [0.717, 1.165) is 50.5 Å². The van der Waals surface area contributed by atoms with Crippen LogP contribution in [0.1, 0.15) is 0 Å². The Bertz CT molecular complexity index is 1940. The van der Waals surface area contributed by atoms with Crippen LogP contribution in [0.25, 0.3) is 67.7 Å². The number of nitrogens with zero attached hydrogens (tertiary/aromatic N) is 5. The van der Waals surface area contributed by atoms with Crippen LogP contribution in [-0.4, -0.2) is 24.9 Å². The third kappa shape index (κ3) is 5.31. The van der Waals surface area contributed by atoms with Crippen LogP contribution in [0, 0.1) is 0 Å². The van der Waals surface area contributed by atoms with Crippen LogP contribution in [0.3, 0.4) is 0 Å². The molecule has 3 heterocycles. The van der Waals surface area contributed by atoms with Crippen molar-refractivity contribution >= 4 is 0 Å². The molecule has 5 nitrogen and oxygen atoms in total. The van der Waals surface area contributed by atoms with Crippen LogP contribution in [0.4, 0.5) is 0 Å². The summed E-state index contributed by atoms with van der Waals surface area (Å²) in [5.41, 5.74) is 9.88. The second-order valence-corrected chi connectivity index (χ2v) is 9.86. The van der Waals surface area contributed by atoms with E-state index in [1.807, 2.05) is 42.6 Å². The van der Waals surface area contributed by atoms with Gasteiger partial charge in [0.25, 0.3) is 0 Å². The molecule has 0 spiro atoms. The van der Waals surface area contributed by atoms with Crippen molar-refractivity contribution in [3.8, 4) is 67.7 Å². The summed E-state index contributed by atoms with van der Waals surface area (Å²) in [6, 6.07) is 45.3. The predicted molar refractivity (Wildman–Crippen MR) is 168 cm³/mol. The molecule has 0 saturated heterocycles. The maximum atomic E-state index is 5.05. The van der Waals surface area contributed by atoms with E-state index in [4.69, 9.17) is 9.97 Å². The van der Waals surface area contributed by atoms with Crippen molar-refractivity contribution in [1.29, 1.82) is 0 Å². The Morgan fingerprint density at radius 2 is 0.881 bits per heavy atom. The highest BCUT2D eigenvalue weighted by atomic mass is 14.9. The van der Waals surface area contributed by atoms with Gasteiger partial charge in [0, 0.05) is 40.8 Å². The van der Waals surface area contributed by atoms with Crippen molar-refractivity contribution < 1.29 is 0 Å². The first kappa shape index (κ1) is 25.2. The second-order valence-electron chi connectivity index (χ2n) is 9.86. The van der Waals surface area contributed by atoms with Gasteiger partial charge in [-0.2, -0.15) is 0 Å². The standard InChI is InChI=1S/C37H25N5/c1-3-9-26(10-4-1)27-15-17-29(18-16-27)36-41-34(28-11-5-2-6-12-28)24-35(42-36)31-14-7-13-30(23-31)32-19-20-33(40-25-32)37-38-21-8-22-39-37/h1-25H. The maximum Gasteiger partial charge on any atom is 0.178 e. The van der Waals surface area contributed by atoms with Gasteiger partial charge in [0.1, 0.15) is 5.69 Å². The lowest BCUT2D eigenvalue weighted by Crippen LogP contribution is -1.96. The first-order chi connectivity index (χ1) is 20.8. The van der Waals surface area contributed by atoms with Gasteiger partial charge in [0.15, 0.2) is 11.6 Å². The molecule has 0 radical (unpaired) electrons. The molecule has 0 aliphatic carbocycles. The van der Waals surface area contributed by atoms with Crippen molar-refractivity contribution in [2.45, 2.75) is 0 Å².